The third kappa shape index (κ3) is 5.34. The first-order valence-corrected chi connectivity index (χ1v) is 3.07. The minimum atomic E-state index is -2.86. The molecular formula is C7H8F2O2. The number of hydrogen-bond donors (Lipinski definition) is 1. The highest BCUT2D eigenvalue weighted by molar-refractivity contribution is 5.86. The summed E-state index contributed by atoms with van der Waals surface area (Å²) < 4.78 is 24.6. The van der Waals surface area contributed by atoms with Gasteiger partial charge in [0.25, 0.3) is 5.92 Å². The molecule has 0 radical (unpaired) electrons. The van der Waals surface area contributed by atoms with Gasteiger partial charge in [0.1, 0.15) is 0 Å². The molecule has 0 saturated heterocycles. The number of rotatable bonds is 2. The molecule has 0 aliphatic rings. The summed E-state index contributed by atoms with van der Waals surface area (Å²) in [6.07, 6.45) is -1.00. The van der Waals surface area contributed by atoms with Crippen LogP contribution in [0.4, 0.5) is 8.78 Å². The first-order valence-electron chi connectivity index (χ1n) is 3.07. The Morgan fingerprint density at radius 2 is 2.18 bits per heavy atom. The molecule has 0 rings (SSSR count). The molecule has 2 nitrogen and oxygen atoms in total. The molecule has 0 aliphatic carbocycles. The van der Waals surface area contributed by atoms with E-state index in [0.717, 1.165) is 0 Å². The van der Waals surface area contributed by atoms with Gasteiger partial charge in [0.2, 0.25) is 0 Å². The van der Waals surface area contributed by atoms with Gasteiger partial charge in [-0.3, -0.25) is 0 Å². The van der Waals surface area contributed by atoms with Crippen LogP contribution >= 0.6 is 0 Å². The predicted octanol–water partition coefficient (Wildman–Crippen LogP) is 1.51. The van der Waals surface area contributed by atoms with E-state index in [4.69, 9.17) is 5.11 Å². The first-order chi connectivity index (χ1) is 4.98. The summed E-state index contributed by atoms with van der Waals surface area (Å²) in [6.45, 7) is 1.32. The summed E-state index contributed by atoms with van der Waals surface area (Å²) in [5, 5.41) is 7.96. The highest BCUT2D eigenvalue weighted by Crippen LogP contribution is 2.20. The van der Waals surface area contributed by atoms with Crippen LogP contribution in [0.25, 0.3) is 0 Å². The molecule has 0 aromatic carbocycles. The summed E-state index contributed by atoms with van der Waals surface area (Å²) in [5.41, 5.74) is 0. The van der Waals surface area contributed by atoms with Crippen LogP contribution in [0.2, 0.25) is 0 Å². The third-order valence-electron chi connectivity index (χ3n) is 1.06. The number of aliphatic carboxylic acids is 1. The van der Waals surface area contributed by atoms with Crippen molar-refractivity contribution < 1.29 is 18.7 Å². The van der Waals surface area contributed by atoms with Gasteiger partial charge in [0.15, 0.2) is 0 Å². The predicted molar refractivity (Wildman–Crippen MR) is 35.3 cm³/mol. The molecule has 0 saturated carbocycles. The highest BCUT2D eigenvalue weighted by Gasteiger charge is 2.24. The molecule has 0 aromatic rings. The van der Waals surface area contributed by atoms with Crippen molar-refractivity contribution in [2.45, 2.75) is 25.7 Å². The maximum absolute atomic E-state index is 12.3. The number of carboxylic acid groups (broad SMARTS) is 1. The van der Waals surface area contributed by atoms with E-state index in [0.29, 0.717) is 0 Å². The maximum Gasteiger partial charge on any atom is 0.381 e. The van der Waals surface area contributed by atoms with Crippen LogP contribution in [0.15, 0.2) is 0 Å². The largest absolute Gasteiger partial charge is 0.472 e. The highest BCUT2D eigenvalue weighted by atomic mass is 19.3. The van der Waals surface area contributed by atoms with Gasteiger partial charge in [0.05, 0.1) is 6.42 Å². The van der Waals surface area contributed by atoms with Crippen LogP contribution < -0.4 is 0 Å². The zero-order chi connectivity index (χ0) is 8.91. The molecule has 1 N–H and O–H groups in total. The summed E-state index contributed by atoms with van der Waals surface area (Å²) in [4.78, 5) is 9.75. The Morgan fingerprint density at radius 1 is 1.64 bits per heavy atom. The first kappa shape index (κ1) is 9.89. The normalized spacial score (nSPS) is 10.1. The fourth-order valence-corrected chi connectivity index (χ4v) is 0.374. The van der Waals surface area contributed by atoms with Gasteiger partial charge in [0, 0.05) is 12.3 Å². The van der Waals surface area contributed by atoms with E-state index in [1.165, 1.54) is 6.92 Å². The van der Waals surface area contributed by atoms with E-state index in [1.807, 2.05) is 5.92 Å². The number of carbonyl (C=O) groups is 1. The lowest BCUT2D eigenvalue weighted by Gasteiger charge is -2.07. The van der Waals surface area contributed by atoms with Gasteiger partial charge in [-0.2, -0.15) is 0 Å². The topological polar surface area (TPSA) is 37.3 Å². The summed E-state index contributed by atoms with van der Waals surface area (Å²) in [6, 6.07) is 0. The summed E-state index contributed by atoms with van der Waals surface area (Å²) >= 11 is 0. The molecule has 0 bridgehead atoms. The average Bonchev–Trinajstić information content (AvgIpc) is 1.87. The molecular weight excluding hydrogens is 154 g/mol. The number of hydrogen-bond acceptors (Lipinski definition) is 1. The molecule has 0 heterocycles. The Kier molecular flexibility index (Phi) is 3.52. The van der Waals surface area contributed by atoms with Crippen molar-refractivity contribution in [2.75, 3.05) is 0 Å². The van der Waals surface area contributed by atoms with Crippen LogP contribution in [-0.2, 0) is 4.79 Å². The van der Waals surface area contributed by atoms with E-state index in [2.05, 4.69) is 0 Å². The molecule has 4 heteroatoms. The molecule has 0 spiro atoms. The van der Waals surface area contributed by atoms with Crippen LogP contribution in [0, 0.1) is 11.8 Å². The number of halogens is 2. The Bertz CT molecular complexity index is 200. The van der Waals surface area contributed by atoms with Crippen molar-refractivity contribution in [3.8, 4) is 11.8 Å². The molecule has 62 valence electrons. The van der Waals surface area contributed by atoms with Crippen molar-refractivity contribution in [2.24, 2.45) is 0 Å². The molecule has 0 aliphatic heterocycles. The van der Waals surface area contributed by atoms with Gasteiger partial charge in [-0.05, 0) is 0 Å². The van der Waals surface area contributed by atoms with E-state index < -0.39 is 18.3 Å². The van der Waals surface area contributed by atoms with Crippen LogP contribution in [0.1, 0.15) is 19.8 Å². The molecule has 0 amide bonds. The molecule has 11 heavy (non-hydrogen) atoms. The Hall–Kier alpha value is -1.11. The quantitative estimate of drug-likeness (QED) is 0.625. The SMILES string of the molecule is CCC(F)(F)CC#CC(=O)O. The van der Waals surface area contributed by atoms with Gasteiger partial charge < -0.3 is 5.11 Å². The Balaban J connectivity index is 3.90. The smallest absolute Gasteiger partial charge is 0.381 e. The van der Waals surface area contributed by atoms with Crippen molar-refractivity contribution >= 4 is 5.97 Å². The van der Waals surface area contributed by atoms with E-state index >= 15 is 0 Å². The van der Waals surface area contributed by atoms with Gasteiger partial charge in [-0.1, -0.05) is 12.8 Å². The molecule has 0 fully saturated rings. The second-order valence-corrected chi connectivity index (χ2v) is 1.99. The summed E-state index contributed by atoms with van der Waals surface area (Å²) in [5.74, 6) is -0.737. The fourth-order valence-electron chi connectivity index (χ4n) is 0.374. The van der Waals surface area contributed by atoms with Crippen molar-refractivity contribution in [3.63, 3.8) is 0 Å². The van der Waals surface area contributed by atoms with E-state index in [1.54, 1.807) is 5.92 Å². The number of alkyl halides is 2. The lowest BCUT2D eigenvalue weighted by atomic mass is 10.2. The monoisotopic (exact) mass is 162 g/mol. The van der Waals surface area contributed by atoms with E-state index in [-0.39, 0.29) is 6.42 Å². The minimum absolute atomic E-state index is 0.318. The molecule has 0 aromatic heterocycles. The Labute approximate surface area is 63.2 Å². The zero-order valence-electron chi connectivity index (χ0n) is 6.03. The van der Waals surface area contributed by atoms with Crippen LogP contribution in [0.3, 0.4) is 0 Å². The minimum Gasteiger partial charge on any atom is -0.472 e. The fraction of sp³-hybridized carbons (Fsp3) is 0.571. The third-order valence-corrected chi connectivity index (χ3v) is 1.06. The standard InChI is InChI=1S/C7H8F2O2/c1-2-7(8,9)5-3-4-6(10)11/h2,5H2,1H3,(H,10,11). The van der Waals surface area contributed by atoms with Gasteiger partial charge in [-0.25, -0.2) is 13.6 Å². The maximum atomic E-state index is 12.3. The van der Waals surface area contributed by atoms with E-state index in [9.17, 15) is 13.6 Å². The summed E-state index contributed by atoms with van der Waals surface area (Å²) in [7, 11) is 0. The molecule has 0 atom stereocenters. The van der Waals surface area contributed by atoms with Crippen LogP contribution in [-0.4, -0.2) is 17.0 Å². The van der Waals surface area contributed by atoms with Crippen molar-refractivity contribution in [1.29, 1.82) is 0 Å². The second kappa shape index (κ2) is 3.91. The number of carboxylic acids is 1. The lowest BCUT2D eigenvalue weighted by molar-refractivity contribution is -0.130. The Morgan fingerprint density at radius 3 is 2.55 bits per heavy atom. The van der Waals surface area contributed by atoms with Gasteiger partial charge in [-0.15, -0.1) is 0 Å². The average molecular weight is 162 g/mol. The van der Waals surface area contributed by atoms with Crippen molar-refractivity contribution in [3.05, 3.63) is 0 Å². The second-order valence-electron chi connectivity index (χ2n) is 1.99. The molecule has 0 unspecified atom stereocenters. The van der Waals surface area contributed by atoms with Crippen LogP contribution in [0.5, 0.6) is 0 Å². The van der Waals surface area contributed by atoms with Gasteiger partial charge >= 0.3 is 5.97 Å². The lowest BCUT2D eigenvalue weighted by Crippen LogP contribution is -2.12. The van der Waals surface area contributed by atoms with Crippen molar-refractivity contribution in [1.82, 2.24) is 0 Å². The zero-order valence-corrected chi connectivity index (χ0v) is 6.03.